The van der Waals surface area contributed by atoms with Crippen LogP contribution in [0.1, 0.15) is 21.0 Å². The van der Waals surface area contributed by atoms with Crippen molar-refractivity contribution in [2.45, 2.75) is 0 Å². The Labute approximate surface area is 125 Å². The molecule has 0 fully saturated rings. The number of nitrogens with one attached hydrogen (secondary N) is 1. The van der Waals surface area contributed by atoms with Crippen molar-refractivity contribution in [3.05, 3.63) is 66.2 Å². The first kappa shape index (κ1) is 13.7. The van der Waals surface area contributed by atoms with E-state index >= 15 is 0 Å². The second-order valence-corrected chi connectivity index (χ2v) is 4.58. The molecule has 0 saturated heterocycles. The molecule has 3 aromatic rings. The van der Waals surface area contributed by atoms with Gasteiger partial charge in [0.2, 0.25) is 5.82 Å². The van der Waals surface area contributed by atoms with Gasteiger partial charge in [0, 0.05) is 12.4 Å². The molecule has 6 nitrogen and oxygen atoms in total. The summed E-state index contributed by atoms with van der Waals surface area (Å²) in [5.74, 6) is -1.69. The fourth-order valence-corrected chi connectivity index (χ4v) is 2.12. The number of benzene rings is 2. The number of hydrogen-bond acceptors (Lipinski definition) is 4. The zero-order valence-corrected chi connectivity index (χ0v) is 11.4. The predicted octanol–water partition coefficient (Wildman–Crippen LogP) is 2.58. The van der Waals surface area contributed by atoms with Crippen LogP contribution in [0, 0.1) is 0 Å². The number of amides is 1. The van der Waals surface area contributed by atoms with Crippen molar-refractivity contribution in [1.29, 1.82) is 0 Å². The molecule has 0 bridgehead atoms. The third kappa shape index (κ3) is 2.62. The maximum atomic E-state index is 12.1. The highest BCUT2D eigenvalue weighted by atomic mass is 16.4. The van der Waals surface area contributed by atoms with Gasteiger partial charge in [-0.15, -0.1) is 0 Å². The predicted molar refractivity (Wildman–Crippen MR) is 80.9 cm³/mol. The highest BCUT2D eigenvalue weighted by Gasteiger charge is 2.16. The molecule has 108 valence electrons. The molecule has 2 N–H and O–H groups in total. The van der Waals surface area contributed by atoms with Crippen LogP contribution >= 0.6 is 0 Å². The number of aromatic nitrogens is 2. The summed E-state index contributed by atoms with van der Waals surface area (Å²) in [5, 5.41) is 13.5. The number of rotatable bonds is 3. The molecular weight excluding hydrogens is 282 g/mol. The van der Waals surface area contributed by atoms with Gasteiger partial charge < -0.3 is 10.4 Å². The lowest BCUT2D eigenvalue weighted by Crippen LogP contribution is -2.17. The van der Waals surface area contributed by atoms with Crippen molar-refractivity contribution < 1.29 is 14.7 Å². The van der Waals surface area contributed by atoms with Gasteiger partial charge in [-0.05, 0) is 29.0 Å². The number of hydrogen-bond donors (Lipinski definition) is 2. The summed E-state index contributed by atoms with van der Waals surface area (Å²) in [6, 6.07) is 12.1. The third-order valence-electron chi connectivity index (χ3n) is 3.13. The van der Waals surface area contributed by atoms with Crippen LogP contribution in [-0.4, -0.2) is 27.0 Å². The van der Waals surface area contributed by atoms with E-state index in [0.717, 1.165) is 10.8 Å². The van der Waals surface area contributed by atoms with E-state index in [1.54, 1.807) is 12.1 Å². The molecule has 1 heterocycles. The fourth-order valence-electron chi connectivity index (χ4n) is 2.12. The largest absolute Gasteiger partial charge is 0.478 e. The van der Waals surface area contributed by atoms with Crippen molar-refractivity contribution in [2.24, 2.45) is 0 Å². The number of carboxylic acid groups (broad SMARTS) is 1. The Hall–Kier alpha value is -3.28. The van der Waals surface area contributed by atoms with E-state index in [0.29, 0.717) is 0 Å². The maximum absolute atomic E-state index is 12.1. The maximum Gasteiger partial charge on any atom is 0.337 e. The van der Waals surface area contributed by atoms with Crippen LogP contribution in [0.3, 0.4) is 0 Å². The summed E-state index contributed by atoms with van der Waals surface area (Å²) < 4.78 is 0. The Morgan fingerprint density at radius 1 is 0.955 bits per heavy atom. The smallest absolute Gasteiger partial charge is 0.337 e. The zero-order chi connectivity index (χ0) is 15.5. The third-order valence-corrected chi connectivity index (χ3v) is 3.13. The summed E-state index contributed by atoms with van der Waals surface area (Å²) >= 11 is 0. The summed E-state index contributed by atoms with van der Waals surface area (Å²) in [7, 11) is 0. The number of carbonyl (C=O) groups is 2. The van der Waals surface area contributed by atoms with Crippen molar-refractivity contribution in [2.75, 3.05) is 5.32 Å². The second-order valence-electron chi connectivity index (χ2n) is 4.58. The SMILES string of the molecule is O=C(Nc1cc2ccccc2cc1C(=O)O)c1ncccn1. The van der Waals surface area contributed by atoms with Gasteiger partial charge in [-0.1, -0.05) is 24.3 Å². The van der Waals surface area contributed by atoms with Crippen LogP contribution in [0.5, 0.6) is 0 Å². The highest BCUT2D eigenvalue weighted by Crippen LogP contribution is 2.24. The van der Waals surface area contributed by atoms with Crippen molar-refractivity contribution in [3.8, 4) is 0 Å². The Morgan fingerprint density at radius 2 is 1.59 bits per heavy atom. The molecular formula is C16H11N3O3. The molecule has 2 aromatic carbocycles. The van der Waals surface area contributed by atoms with Crippen LogP contribution in [0.2, 0.25) is 0 Å². The lowest BCUT2D eigenvalue weighted by atomic mass is 10.0. The Balaban J connectivity index is 2.03. The number of nitrogens with zero attached hydrogens (tertiary/aromatic N) is 2. The molecule has 0 saturated carbocycles. The van der Waals surface area contributed by atoms with Crippen LogP contribution in [0.25, 0.3) is 10.8 Å². The first-order valence-electron chi connectivity index (χ1n) is 6.49. The van der Waals surface area contributed by atoms with Crippen LogP contribution in [0.15, 0.2) is 54.9 Å². The Morgan fingerprint density at radius 3 is 2.23 bits per heavy atom. The van der Waals surface area contributed by atoms with E-state index in [-0.39, 0.29) is 17.1 Å². The van der Waals surface area contributed by atoms with E-state index in [1.807, 2.05) is 24.3 Å². The van der Waals surface area contributed by atoms with Gasteiger partial charge in [0.25, 0.3) is 5.91 Å². The van der Waals surface area contributed by atoms with E-state index in [1.165, 1.54) is 18.5 Å². The topological polar surface area (TPSA) is 92.2 Å². The summed E-state index contributed by atoms with van der Waals surface area (Å²) in [6.07, 6.45) is 2.89. The Bertz CT molecular complexity index is 863. The normalized spacial score (nSPS) is 10.4. The molecule has 0 radical (unpaired) electrons. The fraction of sp³-hybridized carbons (Fsp3) is 0. The van der Waals surface area contributed by atoms with E-state index < -0.39 is 11.9 Å². The quantitative estimate of drug-likeness (QED) is 0.774. The minimum atomic E-state index is -1.12. The average Bonchev–Trinajstić information content (AvgIpc) is 2.54. The van der Waals surface area contributed by atoms with Gasteiger partial charge in [-0.3, -0.25) is 4.79 Å². The van der Waals surface area contributed by atoms with E-state index in [9.17, 15) is 14.7 Å². The van der Waals surface area contributed by atoms with E-state index in [2.05, 4.69) is 15.3 Å². The first-order chi connectivity index (χ1) is 10.6. The van der Waals surface area contributed by atoms with Crippen LogP contribution < -0.4 is 5.32 Å². The number of carbonyl (C=O) groups excluding carboxylic acids is 1. The van der Waals surface area contributed by atoms with Crippen molar-refractivity contribution in [3.63, 3.8) is 0 Å². The number of aromatic carboxylic acids is 1. The lowest BCUT2D eigenvalue weighted by Gasteiger charge is -2.09. The molecule has 22 heavy (non-hydrogen) atoms. The minimum absolute atomic E-state index is 0.0166. The summed E-state index contributed by atoms with van der Waals surface area (Å²) in [4.78, 5) is 31.2. The number of fused-ring (bicyclic) bond motifs is 1. The molecule has 1 aromatic heterocycles. The van der Waals surface area contributed by atoms with Gasteiger partial charge >= 0.3 is 5.97 Å². The van der Waals surface area contributed by atoms with Gasteiger partial charge in [0.05, 0.1) is 11.3 Å². The van der Waals surface area contributed by atoms with Crippen LogP contribution in [0.4, 0.5) is 5.69 Å². The van der Waals surface area contributed by atoms with Gasteiger partial charge in [0.1, 0.15) is 0 Å². The molecule has 0 aliphatic rings. The average molecular weight is 293 g/mol. The molecule has 3 rings (SSSR count). The molecule has 0 unspecified atom stereocenters. The first-order valence-corrected chi connectivity index (χ1v) is 6.49. The van der Waals surface area contributed by atoms with E-state index in [4.69, 9.17) is 0 Å². The highest BCUT2D eigenvalue weighted by molar-refractivity contribution is 6.08. The second kappa shape index (κ2) is 5.61. The monoisotopic (exact) mass is 293 g/mol. The molecule has 6 heteroatoms. The molecule has 0 aliphatic carbocycles. The summed E-state index contributed by atoms with van der Waals surface area (Å²) in [6.45, 7) is 0. The van der Waals surface area contributed by atoms with Gasteiger partial charge in [0.15, 0.2) is 0 Å². The van der Waals surface area contributed by atoms with Crippen molar-refractivity contribution >= 4 is 28.3 Å². The number of anilines is 1. The minimum Gasteiger partial charge on any atom is -0.478 e. The van der Waals surface area contributed by atoms with Gasteiger partial charge in [-0.25, -0.2) is 14.8 Å². The summed E-state index contributed by atoms with van der Waals surface area (Å²) in [5.41, 5.74) is 0.228. The van der Waals surface area contributed by atoms with Gasteiger partial charge in [-0.2, -0.15) is 0 Å². The molecule has 1 amide bonds. The molecule has 0 atom stereocenters. The standard InChI is InChI=1S/C16H11N3O3/c20-15(14-17-6-3-7-18-14)19-13-9-11-5-2-1-4-10(11)8-12(13)16(21)22/h1-9H,(H,19,20)(H,21,22). The number of carboxylic acids is 1. The Kier molecular flexibility index (Phi) is 3.49. The molecule has 0 aliphatic heterocycles. The lowest BCUT2D eigenvalue weighted by molar-refractivity contribution is 0.0698. The zero-order valence-electron chi connectivity index (χ0n) is 11.4. The van der Waals surface area contributed by atoms with Crippen LogP contribution in [-0.2, 0) is 0 Å². The van der Waals surface area contributed by atoms with Crippen molar-refractivity contribution in [1.82, 2.24) is 9.97 Å². The molecule has 0 spiro atoms.